The fourth-order valence-electron chi connectivity index (χ4n) is 3.45. The second-order valence-electron chi connectivity index (χ2n) is 8.44. The molecule has 0 radical (unpaired) electrons. The van der Waals surface area contributed by atoms with Gasteiger partial charge in [0.15, 0.2) is 0 Å². The standard InChI is InChI=1S/2C16H14ClNO2/c2*1-20-16(19)12-5-2-11(3-6-12)4-7-13-10-14(17)8-9-15(13)18/h2*2-10H,18H2,1H3/b7-4+;7-4-. The van der Waals surface area contributed by atoms with Gasteiger partial charge < -0.3 is 20.9 Å². The summed E-state index contributed by atoms with van der Waals surface area (Å²) >= 11 is 11.9. The summed E-state index contributed by atoms with van der Waals surface area (Å²) in [5, 5.41) is 1.28. The molecule has 0 amide bonds. The van der Waals surface area contributed by atoms with E-state index in [4.69, 9.17) is 34.7 Å². The number of rotatable bonds is 6. The minimum Gasteiger partial charge on any atom is -0.465 e. The van der Waals surface area contributed by atoms with Gasteiger partial charge in [-0.15, -0.1) is 0 Å². The van der Waals surface area contributed by atoms with E-state index in [1.807, 2.05) is 48.6 Å². The van der Waals surface area contributed by atoms with Gasteiger partial charge in [-0.1, -0.05) is 71.8 Å². The molecule has 0 spiro atoms. The van der Waals surface area contributed by atoms with Gasteiger partial charge in [-0.05, 0) is 82.9 Å². The van der Waals surface area contributed by atoms with Gasteiger partial charge in [0.2, 0.25) is 0 Å². The Morgan fingerprint density at radius 2 is 0.925 bits per heavy atom. The number of carbonyl (C=O) groups is 2. The average molecular weight is 575 g/mol. The average Bonchev–Trinajstić information content (AvgIpc) is 2.98. The Labute approximate surface area is 243 Å². The van der Waals surface area contributed by atoms with Crippen molar-refractivity contribution in [2.45, 2.75) is 0 Å². The Morgan fingerprint density at radius 1 is 0.575 bits per heavy atom. The first kappa shape index (κ1) is 30.0. The predicted molar refractivity (Wildman–Crippen MR) is 165 cm³/mol. The van der Waals surface area contributed by atoms with Gasteiger partial charge in [0.05, 0.1) is 25.3 Å². The van der Waals surface area contributed by atoms with Crippen molar-refractivity contribution < 1.29 is 19.1 Å². The van der Waals surface area contributed by atoms with Gasteiger partial charge in [0.25, 0.3) is 0 Å². The summed E-state index contributed by atoms with van der Waals surface area (Å²) in [6.07, 6.45) is 7.58. The summed E-state index contributed by atoms with van der Waals surface area (Å²) < 4.78 is 9.29. The number of methoxy groups -OCH3 is 2. The summed E-state index contributed by atoms with van der Waals surface area (Å²) in [5.41, 5.74) is 17.7. The first-order valence-corrected chi connectivity index (χ1v) is 12.8. The van der Waals surface area contributed by atoms with Crippen molar-refractivity contribution in [2.24, 2.45) is 0 Å². The van der Waals surface area contributed by atoms with Gasteiger partial charge in [0.1, 0.15) is 0 Å². The lowest BCUT2D eigenvalue weighted by Gasteiger charge is -2.01. The number of nitrogens with two attached hydrogens (primary N) is 2. The Kier molecular flexibility index (Phi) is 10.9. The molecule has 0 atom stereocenters. The SMILES string of the molecule is COC(=O)c1ccc(/C=C/c2cc(Cl)ccc2N)cc1.COC(=O)c1ccc(/C=C\c2cc(Cl)ccc2N)cc1. The van der Waals surface area contributed by atoms with Crippen LogP contribution in [0.1, 0.15) is 43.0 Å². The minimum atomic E-state index is -0.348. The third-order valence-electron chi connectivity index (χ3n) is 5.67. The number of nitrogen functional groups attached to an aromatic ring is 2. The van der Waals surface area contributed by atoms with Crippen LogP contribution in [0.2, 0.25) is 10.0 Å². The van der Waals surface area contributed by atoms with Gasteiger partial charge >= 0.3 is 11.9 Å². The van der Waals surface area contributed by atoms with E-state index in [1.165, 1.54) is 14.2 Å². The van der Waals surface area contributed by atoms with Crippen molar-refractivity contribution in [3.8, 4) is 0 Å². The van der Waals surface area contributed by atoms with Crippen LogP contribution in [0, 0.1) is 0 Å². The summed E-state index contributed by atoms with van der Waals surface area (Å²) in [6.45, 7) is 0. The quantitative estimate of drug-likeness (QED) is 0.138. The van der Waals surface area contributed by atoms with Crippen LogP contribution in [0.3, 0.4) is 0 Å². The van der Waals surface area contributed by atoms with Crippen molar-refractivity contribution in [1.82, 2.24) is 0 Å². The van der Waals surface area contributed by atoms with Crippen LogP contribution in [0.25, 0.3) is 24.3 Å². The highest BCUT2D eigenvalue weighted by Gasteiger charge is 2.04. The summed E-state index contributed by atoms with van der Waals surface area (Å²) in [5.74, 6) is -0.695. The Bertz CT molecular complexity index is 1410. The molecule has 0 unspecified atom stereocenters. The molecule has 4 rings (SSSR count). The molecule has 4 aromatic carbocycles. The van der Waals surface area contributed by atoms with Crippen LogP contribution in [-0.2, 0) is 9.47 Å². The third kappa shape index (κ3) is 8.76. The van der Waals surface area contributed by atoms with Crippen LogP contribution in [0.15, 0.2) is 84.9 Å². The Hall–Kier alpha value is -4.52. The number of hydrogen-bond donors (Lipinski definition) is 2. The zero-order valence-electron chi connectivity index (χ0n) is 21.9. The van der Waals surface area contributed by atoms with Gasteiger partial charge in [-0.3, -0.25) is 0 Å². The predicted octanol–water partition coefficient (Wildman–Crippen LogP) is 7.76. The number of benzene rings is 4. The first-order chi connectivity index (χ1) is 19.2. The van der Waals surface area contributed by atoms with Crippen LogP contribution in [0.5, 0.6) is 0 Å². The van der Waals surface area contributed by atoms with E-state index in [1.54, 1.807) is 60.7 Å². The molecule has 40 heavy (non-hydrogen) atoms. The lowest BCUT2D eigenvalue weighted by molar-refractivity contribution is 0.0592. The molecule has 0 aliphatic rings. The monoisotopic (exact) mass is 574 g/mol. The second kappa shape index (κ2) is 14.6. The zero-order chi connectivity index (χ0) is 29.1. The van der Waals surface area contributed by atoms with E-state index < -0.39 is 0 Å². The molecule has 0 aromatic heterocycles. The highest BCUT2D eigenvalue weighted by atomic mass is 35.5. The zero-order valence-corrected chi connectivity index (χ0v) is 23.4. The molecule has 0 fully saturated rings. The van der Waals surface area contributed by atoms with E-state index >= 15 is 0 Å². The van der Waals surface area contributed by atoms with Gasteiger partial charge in [-0.25, -0.2) is 9.59 Å². The summed E-state index contributed by atoms with van der Waals surface area (Å²) in [6, 6.07) is 24.8. The molecule has 0 aliphatic carbocycles. The van der Waals surface area contributed by atoms with Crippen molar-refractivity contribution in [3.63, 3.8) is 0 Å². The number of ether oxygens (including phenoxy) is 2. The topological polar surface area (TPSA) is 105 Å². The number of anilines is 2. The molecular weight excluding hydrogens is 547 g/mol. The van der Waals surface area contributed by atoms with E-state index in [-0.39, 0.29) is 11.9 Å². The molecule has 0 saturated carbocycles. The van der Waals surface area contributed by atoms with Crippen LogP contribution < -0.4 is 11.5 Å². The Morgan fingerprint density at radius 3 is 1.25 bits per heavy atom. The van der Waals surface area contributed by atoms with Crippen molar-refractivity contribution in [3.05, 3.63) is 128 Å². The largest absolute Gasteiger partial charge is 0.465 e. The molecule has 0 heterocycles. The summed E-state index contributed by atoms with van der Waals surface area (Å²) in [7, 11) is 2.72. The van der Waals surface area contributed by atoms with Crippen LogP contribution in [-0.4, -0.2) is 26.2 Å². The first-order valence-electron chi connectivity index (χ1n) is 12.0. The lowest BCUT2D eigenvalue weighted by atomic mass is 10.1. The highest BCUT2D eigenvalue weighted by Crippen LogP contribution is 2.21. The molecule has 8 heteroatoms. The molecule has 0 bridgehead atoms. The maximum Gasteiger partial charge on any atom is 0.337 e. The highest BCUT2D eigenvalue weighted by molar-refractivity contribution is 6.31. The number of carbonyl (C=O) groups excluding carboxylic acids is 2. The fourth-order valence-corrected chi connectivity index (χ4v) is 3.81. The molecule has 0 aliphatic heterocycles. The third-order valence-corrected chi connectivity index (χ3v) is 6.14. The number of esters is 2. The van der Waals surface area contributed by atoms with E-state index in [9.17, 15) is 9.59 Å². The Balaban J connectivity index is 0.000000220. The molecule has 0 saturated heterocycles. The van der Waals surface area contributed by atoms with E-state index in [2.05, 4.69) is 9.47 Å². The molecule has 4 N–H and O–H groups in total. The number of halogens is 2. The lowest BCUT2D eigenvalue weighted by Crippen LogP contribution is -2.00. The normalized spacial score (nSPS) is 10.7. The minimum absolute atomic E-state index is 0.348. The maximum atomic E-state index is 11.3. The van der Waals surface area contributed by atoms with Gasteiger partial charge in [-0.2, -0.15) is 0 Å². The van der Waals surface area contributed by atoms with Crippen molar-refractivity contribution in [1.29, 1.82) is 0 Å². The molecule has 6 nitrogen and oxygen atoms in total. The number of hydrogen-bond acceptors (Lipinski definition) is 6. The van der Waals surface area contributed by atoms with E-state index in [0.717, 1.165) is 22.3 Å². The fraction of sp³-hybridized carbons (Fsp3) is 0.0625. The molecule has 4 aromatic rings. The van der Waals surface area contributed by atoms with E-state index in [0.29, 0.717) is 32.5 Å². The van der Waals surface area contributed by atoms with Crippen molar-refractivity contribution >= 4 is 70.8 Å². The van der Waals surface area contributed by atoms with Crippen LogP contribution in [0.4, 0.5) is 11.4 Å². The van der Waals surface area contributed by atoms with Gasteiger partial charge in [0, 0.05) is 21.4 Å². The summed E-state index contributed by atoms with van der Waals surface area (Å²) in [4.78, 5) is 22.6. The maximum absolute atomic E-state index is 11.3. The molecular formula is C32H28Cl2N2O4. The van der Waals surface area contributed by atoms with Crippen LogP contribution >= 0.6 is 23.2 Å². The smallest absolute Gasteiger partial charge is 0.337 e. The molecule has 204 valence electrons. The second-order valence-corrected chi connectivity index (χ2v) is 9.31. The van der Waals surface area contributed by atoms with Crippen molar-refractivity contribution in [2.75, 3.05) is 25.7 Å².